The second-order valence-electron chi connectivity index (χ2n) is 7.63. The predicted octanol–water partition coefficient (Wildman–Crippen LogP) is 2.19. The van der Waals surface area contributed by atoms with Crippen molar-refractivity contribution in [2.45, 2.75) is 45.1 Å². The third-order valence-corrected chi connectivity index (χ3v) is 5.29. The number of nitrogens with zero attached hydrogens (tertiary/aromatic N) is 7. The average molecular weight is 383 g/mol. The Kier molecular flexibility index (Phi) is 4.97. The number of carbonyl (C=O) groups is 1. The first-order chi connectivity index (χ1) is 13.5. The highest BCUT2D eigenvalue weighted by Gasteiger charge is 2.30. The van der Waals surface area contributed by atoms with E-state index in [1.165, 1.54) is 0 Å². The molecule has 9 heteroatoms. The van der Waals surface area contributed by atoms with Crippen molar-refractivity contribution in [1.29, 1.82) is 0 Å². The molecule has 0 N–H and O–H groups in total. The van der Waals surface area contributed by atoms with Crippen LogP contribution in [0.25, 0.3) is 0 Å². The molecule has 1 amide bonds. The Morgan fingerprint density at radius 3 is 2.93 bits per heavy atom. The van der Waals surface area contributed by atoms with Crippen molar-refractivity contribution in [3.05, 3.63) is 47.9 Å². The summed E-state index contributed by atoms with van der Waals surface area (Å²) in [5.41, 5.74) is 0.800. The fourth-order valence-electron chi connectivity index (χ4n) is 3.60. The van der Waals surface area contributed by atoms with Crippen LogP contribution in [0.1, 0.15) is 66.4 Å². The van der Waals surface area contributed by atoms with Gasteiger partial charge in [-0.1, -0.05) is 19.0 Å². The number of rotatable bonds is 5. The van der Waals surface area contributed by atoms with Crippen LogP contribution in [0, 0.1) is 0 Å². The van der Waals surface area contributed by atoms with Gasteiger partial charge in [-0.25, -0.2) is 4.98 Å². The molecular formula is C19H25N7O2. The zero-order chi connectivity index (χ0) is 19.7. The van der Waals surface area contributed by atoms with Crippen molar-refractivity contribution in [2.75, 3.05) is 13.1 Å². The van der Waals surface area contributed by atoms with Crippen molar-refractivity contribution in [2.24, 2.45) is 7.05 Å². The molecule has 0 saturated carbocycles. The Bertz CT molecular complexity index is 942. The zero-order valence-corrected chi connectivity index (χ0v) is 16.4. The molecule has 0 aliphatic carbocycles. The molecule has 1 fully saturated rings. The van der Waals surface area contributed by atoms with Gasteiger partial charge < -0.3 is 18.6 Å². The van der Waals surface area contributed by atoms with Gasteiger partial charge in [0.05, 0.1) is 18.6 Å². The lowest BCUT2D eigenvalue weighted by molar-refractivity contribution is 0.0661. The number of piperidine rings is 1. The molecule has 28 heavy (non-hydrogen) atoms. The smallest absolute Gasteiger partial charge is 0.292 e. The van der Waals surface area contributed by atoms with Crippen LogP contribution in [0.15, 0.2) is 29.3 Å². The lowest BCUT2D eigenvalue weighted by Crippen LogP contribution is -2.39. The van der Waals surface area contributed by atoms with Gasteiger partial charge in [0, 0.05) is 44.5 Å². The Balaban J connectivity index is 1.47. The maximum atomic E-state index is 12.9. The standard InChI is InChI=1S/C19H25N7O2/c1-13(2)15-9-16(28-23-15)19(27)26-7-4-5-14(10-26)18-22-21-17(24(18)3)11-25-8-6-20-12-25/h6,8-9,12-14H,4-5,7,10-11H2,1-3H3. The predicted molar refractivity (Wildman–Crippen MR) is 101 cm³/mol. The third kappa shape index (κ3) is 3.56. The third-order valence-electron chi connectivity index (χ3n) is 5.29. The van der Waals surface area contributed by atoms with E-state index in [4.69, 9.17) is 4.52 Å². The van der Waals surface area contributed by atoms with Crippen LogP contribution in [-0.4, -0.2) is 53.4 Å². The normalized spacial score (nSPS) is 17.4. The number of aromatic nitrogens is 6. The highest BCUT2D eigenvalue weighted by molar-refractivity contribution is 5.91. The van der Waals surface area contributed by atoms with E-state index in [2.05, 4.69) is 20.3 Å². The highest BCUT2D eigenvalue weighted by atomic mass is 16.5. The van der Waals surface area contributed by atoms with Crippen LogP contribution >= 0.6 is 0 Å². The summed E-state index contributed by atoms with van der Waals surface area (Å²) in [5.74, 6) is 2.36. The first kappa shape index (κ1) is 18.4. The van der Waals surface area contributed by atoms with E-state index in [1.807, 2.05) is 41.1 Å². The van der Waals surface area contributed by atoms with Crippen molar-refractivity contribution >= 4 is 5.91 Å². The van der Waals surface area contributed by atoms with Gasteiger partial charge in [-0.15, -0.1) is 10.2 Å². The number of amides is 1. The van der Waals surface area contributed by atoms with Crippen LogP contribution in [0.2, 0.25) is 0 Å². The molecule has 0 bridgehead atoms. The summed E-state index contributed by atoms with van der Waals surface area (Å²) in [4.78, 5) is 18.8. The Labute approximate surface area is 163 Å². The molecule has 9 nitrogen and oxygen atoms in total. The lowest BCUT2D eigenvalue weighted by atomic mass is 9.97. The SMILES string of the molecule is CC(C)c1cc(C(=O)N2CCCC(c3nnc(Cn4ccnc4)n3C)C2)on1. The van der Waals surface area contributed by atoms with E-state index in [0.29, 0.717) is 25.4 Å². The van der Waals surface area contributed by atoms with Crippen molar-refractivity contribution in [3.63, 3.8) is 0 Å². The second kappa shape index (κ2) is 7.57. The molecule has 1 saturated heterocycles. The summed E-state index contributed by atoms with van der Waals surface area (Å²) in [5, 5.41) is 12.8. The van der Waals surface area contributed by atoms with Crippen LogP contribution in [0.4, 0.5) is 0 Å². The Morgan fingerprint density at radius 2 is 2.21 bits per heavy atom. The fourth-order valence-corrected chi connectivity index (χ4v) is 3.60. The summed E-state index contributed by atoms with van der Waals surface area (Å²) >= 11 is 0. The Hall–Kier alpha value is -2.97. The van der Waals surface area contributed by atoms with Crippen molar-refractivity contribution in [1.82, 2.24) is 34.4 Å². The summed E-state index contributed by atoms with van der Waals surface area (Å²) in [6.45, 7) is 5.99. The van der Waals surface area contributed by atoms with Gasteiger partial charge in [-0.05, 0) is 18.8 Å². The minimum absolute atomic E-state index is 0.107. The monoisotopic (exact) mass is 383 g/mol. The molecule has 148 valence electrons. The number of imidazole rings is 1. The van der Waals surface area contributed by atoms with E-state index < -0.39 is 0 Å². The largest absolute Gasteiger partial charge is 0.351 e. The van der Waals surface area contributed by atoms with Gasteiger partial charge >= 0.3 is 0 Å². The second-order valence-corrected chi connectivity index (χ2v) is 7.63. The minimum Gasteiger partial charge on any atom is -0.351 e. The summed E-state index contributed by atoms with van der Waals surface area (Å²) in [6.07, 6.45) is 7.31. The van der Waals surface area contributed by atoms with Crippen molar-refractivity contribution in [3.8, 4) is 0 Å². The fraction of sp³-hybridized carbons (Fsp3) is 0.526. The minimum atomic E-state index is -0.107. The molecule has 4 heterocycles. The average Bonchev–Trinajstić information content (AvgIpc) is 3.44. The molecule has 0 aromatic carbocycles. The number of carbonyl (C=O) groups excluding carboxylic acids is 1. The van der Waals surface area contributed by atoms with E-state index in [1.54, 1.807) is 18.6 Å². The number of likely N-dealkylation sites (tertiary alicyclic amines) is 1. The molecular weight excluding hydrogens is 358 g/mol. The molecule has 0 spiro atoms. The molecule has 1 unspecified atom stereocenters. The zero-order valence-electron chi connectivity index (χ0n) is 16.4. The van der Waals surface area contributed by atoms with E-state index >= 15 is 0 Å². The Morgan fingerprint density at radius 1 is 1.36 bits per heavy atom. The summed E-state index contributed by atoms with van der Waals surface area (Å²) in [7, 11) is 1.98. The highest BCUT2D eigenvalue weighted by Crippen LogP contribution is 2.27. The van der Waals surface area contributed by atoms with E-state index in [9.17, 15) is 4.79 Å². The number of hydrogen-bond donors (Lipinski definition) is 0. The molecule has 1 aliphatic heterocycles. The molecule has 4 rings (SSSR count). The van der Waals surface area contributed by atoms with Gasteiger partial charge in [-0.3, -0.25) is 4.79 Å². The van der Waals surface area contributed by atoms with Crippen molar-refractivity contribution < 1.29 is 9.32 Å². The van der Waals surface area contributed by atoms with Gasteiger partial charge in [-0.2, -0.15) is 0 Å². The maximum absolute atomic E-state index is 12.9. The van der Waals surface area contributed by atoms with Gasteiger partial charge in [0.15, 0.2) is 5.82 Å². The van der Waals surface area contributed by atoms with Gasteiger partial charge in [0.25, 0.3) is 5.91 Å². The topological polar surface area (TPSA) is 94.9 Å². The van der Waals surface area contributed by atoms with Crippen LogP contribution in [-0.2, 0) is 13.6 Å². The number of hydrogen-bond acceptors (Lipinski definition) is 6. The molecule has 3 aromatic heterocycles. The lowest BCUT2D eigenvalue weighted by Gasteiger charge is -2.31. The first-order valence-corrected chi connectivity index (χ1v) is 9.62. The molecule has 3 aromatic rings. The van der Waals surface area contributed by atoms with Gasteiger partial charge in [0.2, 0.25) is 5.76 Å². The van der Waals surface area contributed by atoms with E-state index in [-0.39, 0.29) is 17.7 Å². The van der Waals surface area contributed by atoms with Crippen LogP contribution in [0.5, 0.6) is 0 Å². The molecule has 1 aliphatic rings. The first-order valence-electron chi connectivity index (χ1n) is 9.62. The maximum Gasteiger partial charge on any atom is 0.292 e. The summed E-state index contributed by atoms with van der Waals surface area (Å²) in [6, 6.07) is 1.75. The molecule has 0 radical (unpaired) electrons. The van der Waals surface area contributed by atoms with Gasteiger partial charge in [0.1, 0.15) is 5.82 Å². The summed E-state index contributed by atoms with van der Waals surface area (Å²) < 4.78 is 9.28. The van der Waals surface area contributed by atoms with Crippen LogP contribution in [0.3, 0.4) is 0 Å². The molecule has 1 atom stereocenters. The van der Waals surface area contributed by atoms with Crippen LogP contribution < -0.4 is 0 Å². The quantitative estimate of drug-likeness (QED) is 0.670. The van der Waals surface area contributed by atoms with E-state index in [0.717, 1.165) is 30.2 Å².